The van der Waals surface area contributed by atoms with Gasteiger partial charge in [-0.3, -0.25) is 19.0 Å². The Morgan fingerprint density at radius 3 is 1.93 bits per heavy atom. The molecule has 2 aromatic heterocycles. The second-order valence-corrected chi connectivity index (χ2v) is 19.8. The monoisotopic (exact) mass is 965 g/mol. The van der Waals surface area contributed by atoms with Gasteiger partial charge in [-0.05, 0) is 93.5 Å². The Balaban J connectivity index is 1.20. The highest BCUT2D eigenvalue weighted by atomic mass is 32.2. The molecule has 7 aromatic rings. The molecule has 5 aromatic carbocycles. The lowest BCUT2D eigenvalue weighted by atomic mass is 9.76. The molecule has 0 bridgehead atoms. The number of alkyl carbamates (subject to hydrolysis) is 1. The Morgan fingerprint density at radius 1 is 0.786 bits per heavy atom. The van der Waals surface area contributed by atoms with Gasteiger partial charge in [0.1, 0.15) is 22.7 Å². The number of ether oxygens (including phenoxy) is 2. The van der Waals surface area contributed by atoms with Crippen molar-refractivity contribution in [3.63, 3.8) is 0 Å². The molecule has 4 N–H and O–H groups in total. The standard InChI is InChI=1S/C54H59N7O8S/c1-36-30-37(2)48(38(3)31-36)70(66,67)59-45(50(64)68-7)34-57-49(63)44-35-60(28-17-26-56-52(65)69-53(4,5)6)46-32-39(24-25-43(46)47(44)62)33-58-51-55-27-29-61(51)54(40-18-11-8-12-19-40,41-20-13-9-14-21-41)42-22-15-10-16-23-42/h8-16,18-25,27,29-32,35,45,59H,17,26,28,33-34H2,1-7H3,(H,55,58)(H,56,65)(H,57,63)/t45-/m0/s1. The average molecular weight is 966 g/mol. The van der Waals surface area contributed by atoms with E-state index in [1.54, 1.807) is 69.6 Å². The highest BCUT2D eigenvalue weighted by Gasteiger charge is 2.40. The molecule has 15 nitrogen and oxygen atoms in total. The molecule has 0 aliphatic carbocycles. The van der Waals surface area contributed by atoms with Crippen molar-refractivity contribution < 1.29 is 32.3 Å². The SMILES string of the molecule is COC(=O)[C@H](CNC(=O)c1cn(CCCNC(=O)OC(C)(C)C)c2cc(CNc3nccn3C(c3ccccc3)(c3ccccc3)c3ccccc3)ccc2c1=O)NS(=O)(=O)c1c(C)cc(C)cc1C. The van der Waals surface area contributed by atoms with E-state index in [0.29, 0.717) is 35.6 Å². The Morgan fingerprint density at radius 2 is 1.37 bits per heavy atom. The predicted molar refractivity (Wildman–Crippen MR) is 270 cm³/mol. The molecule has 0 spiro atoms. The van der Waals surface area contributed by atoms with E-state index in [9.17, 15) is 27.6 Å². The van der Waals surface area contributed by atoms with E-state index in [0.717, 1.165) is 34.9 Å². The van der Waals surface area contributed by atoms with Gasteiger partial charge in [0.25, 0.3) is 5.91 Å². The molecule has 0 aliphatic heterocycles. The molecule has 0 saturated carbocycles. The summed E-state index contributed by atoms with van der Waals surface area (Å²) in [5.41, 5.74) is 3.91. The van der Waals surface area contributed by atoms with Gasteiger partial charge in [0, 0.05) is 50.2 Å². The molecule has 70 heavy (non-hydrogen) atoms. The van der Waals surface area contributed by atoms with Gasteiger partial charge in [0.15, 0.2) is 0 Å². The first-order chi connectivity index (χ1) is 33.4. The van der Waals surface area contributed by atoms with Gasteiger partial charge in [0.2, 0.25) is 21.4 Å². The van der Waals surface area contributed by atoms with Gasteiger partial charge in [-0.25, -0.2) is 18.2 Å². The first-order valence-electron chi connectivity index (χ1n) is 23.0. The van der Waals surface area contributed by atoms with Crippen molar-refractivity contribution in [3.05, 3.63) is 195 Å². The molecule has 16 heteroatoms. The summed E-state index contributed by atoms with van der Waals surface area (Å²) < 4.78 is 43.9. The Kier molecular flexibility index (Phi) is 15.4. The van der Waals surface area contributed by atoms with Crippen molar-refractivity contribution in [1.29, 1.82) is 0 Å². The smallest absolute Gasteiger partial charge is 0.407 e. The third kappa shape index (κ3) is 11.1. The fourth-order valence-electron chi connectivity index (χ4n) is 8.93. The second-order valence-electron chi connectivity index (χ2n) is 18.1. The maximum absolute atomic E-state index is 14.3. The summed E-state index contributed by atoms with van der Waals surface area (Å²) in [5.74, 6) is -1.18. The number of nitrogens with zero attached hydrogens (tertiary/aromatic N) is 3. The molecule has 364 valence electrons. The maximum atomic E-state index is 14.3. The highest BCUT2D eigenvalue weighted by molar-refractivity contribution is 7.89. The van der Waals surface area contributed by atoms with Crippen LogP contribution in [0.15, 0.2) is 150 Å². The number of aryl methyl sites for hydroxylation is 4. The lowest BCUT2D eigenvalue weighted by Gasteiger charge is -2.38. The van der Waals surface area contributed by atoms with E-state index in [1.807, 2.05) is 73.8 Å². The number of aromatic nitrogens is 3. The molecule has 0 fully saturated rings. The third-order valence-corrected chi connectivity index (χ3v) is 13.6. The summed E-state index contributed by atoms with van der Waals surface area (Å²) in [6, 6.07) is 38.0. The van der Waals surface area contributed by atoms with Crippen molar-refractivity contribution in [3.8, 4) is 0 Å². The van der Waals surface area contributed by atoms with Crippen LogP contribution in [0.2, 0.25) is 0 Å². The topological polar surface area (TPSA) is 192 Å². The van der Waals surface area contributed by atoms with Crippen molar-refractivity contribution in [2.45, 2.75) is 83.1 Å². The van der Waals surface area contributed by atoms with Gasteiger partial charge in [-0.2, -0.15) is 4.72 Å². The lowest BCUT2D eigenvalue weighted by molar-refractivity contribution is -0.142. The molecule has 7 rings (SSSR count). The van der Waals surface area contributed by atoms with Crippen LogP contribution in [-0.2, 0) is 42.9 Å². The number of methoxy groups -OCH3 is 1. The van der Waals surface area contributed by atoms with Crippen molar-refractivity contribution >= 4 is 44.8 Å². The lowest BCUT2D eigenvalue weighted by Crippen LogP contribution is -2.49. The molecule has 0 radical (unpaired) electrons. The van der Waals surface area contributed by atoms with Crippen LogP contribution in [0.5, 0.6) is 0 Å². The van der Waals surface area contributed by atoms with Crippen LogP contribution in [0.25, 0.3) is 10.9 Å². The summed E-state index contributed by atoms with van der Waals surface area (Å²) in [6.07, 6.45) is 4.96. The summed E-state index contributed by atoms with van der Waals surface area (Å²) in [6.45, 7) is 10.7. The minimum atomic E-state index is -4.27. The van der Waals surface area contributed by atoms with Crippen molar-refractivity contribution in [1.82, 2.24) is 29.5 Å². The van der Waals surface area contributed by atoms with Gasteiger partial charge < -0.3 is 30.0 Å². The largest absolute Gasteiger partial charge is 0.468 e. The number of fused-ring (bicyclic) bond motifs is 1. The quantitative estimate of drug-likeness (QED) is 0.0376. The van der Waals surface area contributed by atoms with Crippen LogP contribution < -0.4 is 26.1 Å². The molecular formula is C54H59N7O8S. The molecule has 0 saturated heterocycles. The number of pyridine rings is 1. The van der Waals surface area contributed by atoms with E-state index in [2.05, 4.69) is 61.6 Å². The van der Waals surface area contributed by atoms with Crippen molar-refractivity contribution in [2.24, 2.45) is 0 Å². The van der Waals surface area contributed by atoms with Gasteiger partial charge in [0.05, 0.1) is 17.5 Å². The third-order valence-electron chi connectivity index (χ3n) is 11.8. The zero-order chi connectivity index (χ0) is 50.2. The predicted octanol–water partition coefficient (Wildman–Crippen LogP) is 7.74. The fraction of sp³-hybridized carbons (Fsp3) is 0.278. The number of esters is 1. The number of rotatable bonds is 18. The average Bonchev–Trinajstić information content (AvgIpc) is 3.80. The highest BCUT2D eigenvalue weighted by Crippen LogP contribution is 2.42. The number of carbonyl (C=O) groups is 3. The number of hydrogen-bond acceptors (Lipinski definition) is 10. The number of anilines is 1. The Hall–Kier alpha value is -7.56. The number of amides is 2. The number of sulfonamides is 1. The minimum Gasteiger partial charge on any atom is -0.468 e. The van der Waals surface area contributed by atoms with E-state index in [4.69, 9.17) is 14.5 Å². The van der Waals surface area contributed by atoms with Crippen molar-refractivity contribution in [2.75, 3.05) is 25.5 Å². The molecular weight excluding hydrogens is 907 g/mol. The van der Waals surface area contributed by atoms with E-state index in [-0.39, 0.29) is 28.9 Å². The maximum Gasteiger partial charge on any atom is 0.407 e. The Labute approximate surface area is 408 Å². The number of hydrogen-bond donors (Lipinski definition) is 4. The van der Waals surface area contributed by atoms with Crippen LogP contribution in [0.1, 0.15) is 76.5 Å². The van der Waals surface area contributed by atoms with Crippen LogP contribution in [0, 0.1) is 20.8 Å². The number of benzene rings is 5. The number of nitrogens with one attached hydrogen (secondary N) is 4. The van der Waals surface area contributed by atoms with Crippen LogP contribution >= 0.6 is 0 Å². The molecule has 0 unspecified atom stereocenters. The number of imidazole rings is 1. The van der Waals surface area contributed by atoms with Gasteiger partial charge in [-0.1, -0.05) is 115 Å². The van der Waals surface area contributed by atoms with E-state index >= 15 is 0 Å². The molecule has 2 amide bonds. The Bertz CT molecular complexity index is 3050. The van der Waals surface area contributed by atoms with Crippen LogP contribution in [0.4, 0.5) is 10.7 Å². The van der Waals surface area contributed by atoms with Gasteiger partial charge in [-0.15, -0.1) is 0 Å². The van der Waals surface area contributed by atoms with Crippen LogP contribution in [-0.4, -0.2) is 72.3 Å². The zero-order valence-corrected chi connectivity index (χ0v) is 41.2. The van der Waals surface area contributed by atoms with E-state index in [1.165, 1.54) is 6.20 Å². The summed E-state index contributed by atoms with van der Waals surface area (Å²) in [4.78, 5) is 58.5. The minimum absolute atomic E-state index is 0.0105. The summed E-state index contributed by atoms with van der Waals surface area (Å²) in [7, 11) is -3.16. The van der Waals surface area contributed by atoms with E-state index < -0.39 is 57.1 Å². The second kappa shape index (κ2) is 21.4. The molecule has 2 heterocycles. The molecule has 1 atom stereocenters. The number of carbonyl (C=O) groups excluding carboxylic acids is 3. The first-order valence-corrected chi connectivity index (χ1v) is 24.4. The first kappa shape index (κ1) is 50.3. The zero-order valence-electron chi connectivity index (χ0n) is 40.4. The normalized spacial score (nSPS) is 12.3. The fourth-order valence-corrected chi connectivity index (χ4v) is 10.6. The summed E-state index contributed by atoms with van der Waals surface area (Å²) >= 11 is 0. The summed E-state index contributed by atoms with van der Waals surface area (Å²) in [5, 5.41) is 9.16. The molecule has 0 aliphatic rings. The van der Waals surface area contributed by atoms with Gasteiger partial charge >= 0.3 is 12.1 Å². The van der Waals surface area contributed by atoms with Crippen LogP contribution in [0.3, 0.4) is 0 Å².